The number of hydrogen-bond donors (Lipinski definition) is 1. The zero-order valence-electron chi connectivity index (χ0n) is 10.7. The first-order valence-electron chi connectivity index (χ1n) is 6.07. The van der Waals surface area contributed by atoms with Gasteiger partial charge in [-0.15, -0.1) is 0 Å². The maximum Gasteiger partial charge on any atom is 0.281 e. The number of carbonyl (C=O) groups excluding carboxylic acids is 1. The first-order valence-corrected chi connectivity index (χ1v) is 6.07. The van der Waals surface area contributed by atoms with Gasteiger partial charge in [-0.05, 0) is 17.7 Å². The molecule has 4 nitrogen and oxygen atoms in total. The Morgan fingerprint density at radius 2 is 1.75 bits per heavy atom. The Kier molecular flexibility index (Phi) is 5.08. The van der Waals surface area contributed by atoms with E-state index in [9.17, 15) is 9.18 Å². The third-order valence-electron chi connectivity index (χ3n) is 2.46. The summed E-state index contributed by atoms with van der Waals surface area (Å²) in [6, 6.07) is 15.3. The van der Waals surface area contributed by atoms with Crippen molar-refractivity contribution in [1.82, 2.24) is 5.48 Å². The van der Waals surface area contributed by atoms with Gasteiger partial charge in [0.05, 0.1) is 6.61 Å². The quantitative estimate of drug-likeness (QED) is 0.824. The molecule has 0 aliphatic heterocycles. The van der Waals surface area contributed by atoms with Gasteiger partial charge in [0, 0.05) is 0 Å². The second-order valence-corrected chi connectivity index (χ2v) is 4.02. The van der Waals surface area contributed by atoms with Gasteiger partial charge in [-0.3, -0.25) is 9.63 Å². The molecule has 1 N–H and O–H groups in total. The Balaban J connectivity index is 1.70. The molecule has 0 atom stereocenters. The fourth-order valence-electron chi connectivity index (χ4n) is 1.51. The molecule has 0 fully saturated rings. The third-order valence-corrected chi connectivity index (χ3v) is 2.46. The van der Waals surface area contributed by atoms with E-state index in [1.54, 1.807) is 12.1 Å². The van der Waals surface area contributed by atoms with Crippen molar-refractivity contribution in [1.29, 1.82) is 0 Å². The van der Waals surface area contributed by atoms with Crippen molar-refractivity contribution in [2.24, 2.45) is 0 Å². The van der Waals surface area contributed by atoms with Crippen molar-refractivity contribution >= 4 is 5.91 Å². The minimum atomic E-state index is -0.509. The number of hydrogen-bond acceptors (Lipinski definition) is 3. The smallest absolute Gasteiger partial charge is 0.281 e. The minimum Gasteiger partial charge on any atom is -0.481 e. The summed E-state index contributed by atoms with van der Waals surface area (Å²) >= 11 is 0. The van der Waals surface area contributed by atoms with Crippen molar-refractivity contribution in [2.45, 2.75) is 6.61 Å². The van der Waals surface area contributed by atoms with Crippen LogP contribution in [-0.4, -0.2) is 12.5 Å². The fourth-order valence-corrected chi connectivity index (χ4v) is 1.51. The van der Waals surface area contributed by atoms with E-state index in [4.69, 9.17) is 9.57 Å². The molecule has 20 heavy (non-hydrogen) atoms. The van der Waals surface area contributed by atoms with Crippen LogP contribution in [0.3, 0.4) is 0 Å². The molecule has 0 saturated heterocycles. The van der Waals surface area contributed by atoms with Crippen LogP contribution in [0.25, 0.3) is 0 Å². The molecule has 0 aromatic heterocycles. The second kappa shape index (κ2) is 7.25. The summed E-state index contributed by atoms with van der Waals surface area (Å²) < 4.78 is 18.3. The van der Waals surface area contributed by atoms with E-state index in [2.05, 4.69) is 5.48 Å². The second-order valence-electron chi connectivity index (χ2n) is 4.02. The molecule has 2 aromatic carbocycles. The summed E-state index contributed by atoms with van der Waals surface area (Å²) in [7, 11) is 0. The molecule has 0 heterocycles. The number of benzene rings is 2. The monoisotopic (exact) mass is 275 g/mol. The first-order chi connectivity index (χ1) is 9.75. The molecular weight excluding hydrogens is 261 g/mol. The summed E-state index contributed by atoms with van der Waals surface area (Å²) in [5.41, 5.74) is 3.17. The van der Waals surface area contributed by atoms with E-state index in [1.807, 2.05) is 30.3 Å². The summed E-state index contributed by atoms with van der Waals surface area (Å²) in [5, 5.41) is 0. The molecule has 0 unspecified atom stereocenters. The van der Waals surface area contributed by atoms with Crippen molar-refractivity contribution in [2.75, 3.05) is 6.61 Å². The Hall–Kier alpha value is -2.40. The average Bonchev–Trinajstić information content (AvgIpc) is 2.47. The van der Waals surface area contributed by atoms with Crippen LogP contribution < -0.4 is 10.2 Å². The lowest BCUT2D eigenvalue weighted by Crippen LogP contribution is -2.29. The molecule has 5 heteroatoms. The summed E-state index contributed by atoms with van der Waals surface area (Å²) in [6.45, 7) is -0.0536. The summed E-state index contributed by atoms with van der Waals surface area (Å²) in [6.07, 6.45) is 0. The zero-order chi connectivity index (χ0) is 14.2. The molecule has 0 bridgehead atoms. The largest absolute Gasteiger partial charge is 0.481 e. The maximum atomic E-state index is 13.2. The number of hydroxylamine groups is 1. The molecule has 0 aliphatic carbocycles. The van der Waals surface area contributed by atoms with Gasteiger partial charge in [-0.1, -0.05) is 42.5 Å². The van der Waals surface area contributed by atoms with Crippen LogP contribution >= 0.6 is 0 Å². The fraction of sp³-hybridized carbons (Fsp3) is 0.133. The summed E-state index contributed by atoms with van der Waals surface area (Å²) in [4.78, 5) is 16.5. The Labute approximate surface area is 116 Å². The highest BCUT2D eigenvalue weighted by atomic mass is 19.1. The van der Waals surface area contributed by atoms with E-state index in [-0.39, 0.29) is 19.0 Å². The molecule has 0 aliphatic rings. The van der Waals surface area contributed by atoms with Crippen LogP contribution in [-0.2, 0) is 16.2 Å². The number of rotatable bonds is 6. The third kappa shape index (κ3) is 4.37. The minimum absolute atomic E-state index is 0.0331. The number of halogens is 1. The van der Waals surface area contributed by atoms with Crippen LogP contribution in [0.5, 0.6) is 5.75 Å². The van der Waals surface area contributed by atoms with E-state index in [0.29, 0.717) is 0 Å². The van der Waals surface area contributed by atoms with Gasteiger partial charge in [-0.2, -0.15) is 0 Å². The molecule has 2 rings (SSSR count). The van der Waals surface area contributed by atoms with Gasteiger partial charge >= 0.3 is 0 Å². The predicted octanol–water partition coefficient (Wildman–Crippen LogP) is 2.45. The number of amides is 1. The van der Waals surface area contributed by atoms with Gasteiger partial charge < -0.3 is 4.74 Å². The van der Waals surface area contributed by atoms with Gasteiger partial charge in [0.25, 0.3) is 5.91 Å². The maximum absolute atomic E-state index is 13.2. The molecule has 2 aromatic rings. The molecular formula is C15H14FNO3. The van der Waals surface area contributed by atoms with Gasteiger partial charge in [0.2, 0.25) is 0 Å². The van der Waals surface area contributed by atoms with E-state index >= 15 is 0 Å². The molecule has 0 spiro atoms. The van der Waals surface area contributed by atoms with E-state index in [1.165, 1.54) is 12.1 Å². The van der Waals surface area contributed by atoms with Crippen molar-refractivity contribution < 1.29 is 18.8 Å². The highest BCUT2D eigenvalue weighted by molar-refractivity contribution is 5.76. The van der Waals surface area contributed by atoms with Gasteiger partial charge in [0.1, 0.15) is 0 Å². The van der Waals surface area contributed by atoms with Crippen LogP contribution in [0.15, 0.2) is 54.6 Å². The predicted molar refractivity (Wildman–Crippen MR) is 71.3 cm³/mol. The Morgan fingerprint density at radius 3 is 2.50 bits per heavy atom. The SMILES string of the molecule is O=C(COc1ccccc1F)NOCc1ccccc1. The van der Waals surface area contributed by atoms with Gasteiger partial charge in [-0.25, -0.2) is 9.87 Å². The van der Waals surface area contributed by atoms with Crippen LogP contribution in [0.2, 0.25) is 0 Å². The molecule has 0 radical (unpaired) electrons. The lowest BCUT2D eigenvalue weighted by Gasteiger charge is -2.08. The summed E-state index contributed by atoms with van der Waals surface area (Å²) in [5.74, 6) is -0.958. The topological polar surface area (TPSA) is 47.6 Å². The van der Waals surface area contributed by atoms with Crippen LogP contribution in [0.1, 0.15) is 5.56 Å². The molecule has 104 valence electrons. The van der Waals surface area contributed by atoms with Crippen molar-refractivity contribution in [3.05, 3.63) is 66.0 Å². The lowest BCUT2D eigenvalue weighted by atomic mass is 10.2. The number of carbonyl (C=O) groups is 1. The zero-order valence-corrected chi connectivity index (χ0v) is 10.7. The normalized spacial score (nSPS) is 10.1. The lowest BCUT2D eigenvalue weighted by molar-refractivity contribution is -0.136. The standard InChI is InChI=1S/C15H14FNO3/c16-13-8-4-5-9-14(13)19-11-15(18)17-20-10-12-6-2-1-3-7-12/h1-9H,10-11H2,(H,17,18). The first kappa shape index (κ1) is 14.0. The van der Waals surface area contributed by atoms with Crippen molar-refractivity contribution in [3.63, 3.8) is 0 Å². The number of ether oxygens (including phenoxy) is 1. The number of para-hydroxylation sites is 1. The van der Waals surface area contributed by atoms with Crippen LogP contribution in [0, 0.1) is 5.82 Å². The molecule has 0 saturated carbocycles. The number of nitrogens with one attached hydrogen (secondary N) is 1. The van der Waals surface area contributed by atoms with Crippen LogP contribution in [0.4, 0.5) is 4.39 Å². The highest BCUT2D eigenvalue weighted by Gasteiger charge is 2.06. The van der Waals surface area contributed by atoms with E-state index in [0.717, 1.165) is 5.56 Å². The van der Waals surface area contributed by atoms with E-state index < -0.39 is 11.7 Å². The average molecular weight is 275 g/mol. The van der Waals surface area contributed by atoms with Crippen molar-refractivity contribution in [3.8, 4) is 5.75 Å². The molecule has 1 amide bonds. The Bertz CT molecular complexity index is 560. The highest BCUT2D eigenvalue weighted by Crippen LogP contribution is 2.14. The Morgan fingerprint density at radius 1 is 1.05 bits per heavy atom. The van der Waals surface area contributed by atoms with Gasteiger partial charge in [0.15, 0.2) is 18.2 Å².